The van der Waals surface area contributed by atoms with Crippen LogP contribution in [0.3, 0.4) is 0 Å². The minimum atomic E-state index is -4.51. The molecule has 0 bridgehead atoms. The lowest BCUT2D eigenvalue weighted by Crippen LogP contribution is -2.15. The van der Waals surface area contributed by atoms with Crippen LogP contribution < -0.4 is 15.4 Å². The molecular formula is C26H25F3N2O3. The van der Waals surface area contributed by atoms with E-state index in [9.17, 15) is 22.8 Å². The number of nitrogens with one attached hydrogen (secondary N) is 2. The van der Waals surface area contributed by atoms with Crippen molar-refractivity contribution in [3.8, 4) is 5.75 Å². The molecule has 8 heteroatoms. The number of amides is 2. The summed E-state index contributed by atoms with van der Waals surface area (Å²) in [5, 5.41) is 5.16. The van der Waals surface area contributed by atoms with Gasteiger partial charge in [0.05, 0.1) is 12.2 Å². The van der Waals surface area contributed by atoms with Crippen LogP contribution in [0.1, 0.15) is 46.5 Å². The Bertz CT molecular complexity index is 1140. The maximum absolute atomic E-state index is 12.9. The quantitative estimate of drug-likeness (QED) is 0.388. The Morgan fingerprint density at radius 1 is 0.824 bits per heavy atom. The number of rotatable bonds is 8. The third kappa shape index (κ3) is 7.10. The molecule has 0 spiro atoms. The van der Waals surface area contributed by atoms with Crippen LogP contribution in [0.25, 0.3) is 0 Å². The number of anilines is 2. The predicted octanol–water partition coefficient (Wildman–Crippen LogP) is 6.63. The second-order valence-corrected chi connectivity index (χ2v) is 8.12. The van der Waals surface area contributed by atoms with E-state index in [0.29, 0.717) is 29.5 Å². The summed E-state index contributed by atoms with van der Waals surface area (Å²) in [6, 6.07) is 17.2. The van der Waals surface area contributed by atoms with Crippen LogP contribution in [0.4, 0.5) is 24.5 Å². The number of hydrogen-bond acceptors (Lipinski definition) is 3. The standard InChI is InChI=1S/C26H25F3N2O3/c1-17(2)13-14-34-23-11-9-18(10-12-23)24(32)30-21-7-3-5-19(15-21)25(33)31-22-8-4-6-20(16-22)26(27,28)29/h3-12,15-17H,13-14H2,1-2H3,(H,30,32)(H,31,33). The van der Waals surface area contributed by atoms with Crippen LogP contribution in [0.2, 0.25) is 0 Å². The predicted molar refractivity (Wildman–Crippen MR) is 125 cm³/mol. The van der Waals surface area contributed by atoms with Crippen molar-refractivity contribution in [2.24, 2.45) is 5.92 Å². The summed E-state index contributed by atoms with van der Waals surface area (Å²) in [6.07, 6.45) is -3.58. The van der Waals surface area contributed by atoms with Gasteiger partial charge in [-0.1, -0.05) is 26.0 Å². The number of alkyl halides is 3. The molecule has 3 aromatic carbocycles. The van der Waals surface area contributed by atoms with Crippen molar-refractivity contribution in [3.05, 3.63) is 89.5 Å². The molecule has 0 saturated carbocycles. The van der Waals surface area contributed by atoms with Crippen molar-refractivity contribution < 1.29 is 27.5 Å². The van der Waals surface area contributed by atoms with Crippen molar-refractivity contribution in [1.29, 1.82) is 0 Å². The summed E-state index contributed by atoms with van der Waals surface area (Å²) >= 11 is 0. The highest BCUT2D eigenvalue weighted by atomic mass is 19.4. The van der Waals surface area contributed by atoms with Crippen LogP contribution in [0.5, 0.6) is 5.75 Å². The van der Waals surface area contributed by atoms with Crippen LogP contribution in [0, 0.1) is 5.92 Å². The van der Waals surface area contributed by atoms with Gasteiger partial charge in [-0.2, -0.15) is 13.2 Å². The second kappa shape index (κ2) is 10.9. The smallest absolute Gasteiger partial charge is 0.416 e. The summed E-state index contributed by atoms with van der Waals surface area (Å²) in [4.78, 5) is 25.1. The molecule has 5 nitrogen and oxygen atoms in total. The Morgan fingerprint density at radius 2 is 1.41 bits per heavy atom. The fourth-order valence-corrected chi connectivity index (χ4v) is 3.03. The zero-order valence-corrected chi connectivity index (χ0v) is 18.8. The van der Waals surface area contributed by atoms with Gasteiger partial charge in [-0.3, -0.25) is 9.59 Å². The molecule has 0 aliphatic carbocycles. The molecule has 3 rings (SSSR count). The third-order valence-corrected chi connectivity index (χ3v) is 4.91. The molecule has 178 valence electrons. The van der Waals surface area contributed by atoms with E-state index in [1.165, 1.54) is 24.3 Å². The van der Waals surface area contributed by atoms with E-state index in [-0.39, 0.29) is 17.2 Å². The number of carbonyl (C=O) groups excluding carboxylic acids is 2. The van der Waals surface area contributed by atoms with Crippen LogP contribution in [-0.4, -0.2) is 18.4 Å². The molecule has 0 fully saturated rings. The van der Waals surface area contributed by atoms with Gasteiger partial charge >= 0.3 is 6.18 Å². The summed E-state index contributed by atoms with van der Waals surface area (Å²) in [7, 11) is 0. The van der Waals surface area contributed by atoms with Gasteiger partial charge in [0.15, 0.2) is 0 Å². The molecule has 34 heavy (non-hydrogen) atoms. The maximum Gasteiger partial charge on any atom is 0.416 e. The molecule has 0 radical (unpaired) electrons. The minimum Gasteiger partial charge on any atom is -0.494 e. The molecular weight excluding hydrogens is 445 g/mol. The summed E-state index contributed by atoms with van der Waals surface area (Å²) in [5.74, 6) is 0.237. The van der Waals surface area contributed by atoms with Gasteiger partial charge < -0.3 is 15.4 Å². The van der Waals surface area contributed by atoms with Gasteiger partial charge in [-0.25, -0.2) is 0 Å². The number of halogens is 3. The van der Waals surface area contributed by atoms with Gasteiger partial charge in [0.1, 0.15) is 5.75 Å². The SMILES string of the molecule is CC(C)CCOc1ccc(C(=O)Nc2cccc(C(=O)Nc3cccc(C(F)(F)F)c3)c2)cc1. The molecule has 0 aromatic heterocycles. The van der Waals surface area contributed by atoms with E-state index in [2.05, 4.69) is 24.5 Å². The van der Waals surface area contributed by atoms with Gasteiger partial charge in [0, 0.05) is 22.5 Å². The van der Waals surface area contributed by atoms with Crippen molar-refractivity contribution in [2.75, 3.05) is 17.2 Å². The first-order chi connectivity index (χ1) is 16.1. The lowest BCUT2D eigenvalue weighted by molar-refractivity contribution is -0.137. The van der Waals surface area contributed by atoms with E-state index in [1.54, 1.807) is 36.4 Å². The molecule has 0 aliphatic rings. The highest BCUT2D eigenvalue weighted by Gasteiger charge is 2.30. The first kappa shape index (κ1) is 24.8. The van der Waals surface area contributed by atoms with Crippen LogP contribution in [0.15, 0.2) is 72.8 Å². The average Bonchev–Trinajstić information content (AvgIpc) is 2.79. The highest BCUT2D eigenvalue weighted by molar-refractivity contribution is 6.07. The van der Waals surface area contributed by atoms with E-state index in [4.69, 9.17) is 4.74 Å². The number of carbonyl (C=O) groups is 2. The van der Waals surface area contributed by atoms with Gasteiger partial charge in [0.2, 0.25) is 0 Å². The summed E-state index contributed by atoms with van der Waals surface area (Å²) in [5.41, 5.74) is 0.130. The second-order valence-electron chi connectivity index (χ2n) is 8.12. The third-order valence-electron chi connectivity index (χ3n) is 4.91. The minimum absolute atomic E-state index is 0.0185. The molecule has 0 aliphatic heterocycles. The fourth-order valence-electron chi connectivity index (χ4n) is 3.03. The molecule has 0 unspecified atom stereocenters. The fraction of sp³-hybridized carbons (Fsp3) is 0.231. The Balaban J connectivity index is 1.63. The van der Waals surface area contributed by atoms with Crippen LogP contribution >= 0.6 is 0 Å². The first-order valence-electron chi connectivity index (χ1n) is 10.7. The monoisotopic (exact) mass is 470 g/mol. The Hall–Kier alpha value is -3.81. The molecule has 0 atom stereocenters. The van der Waals surface area contributed by atoms with Gasteiger partial charge in [-0.15, -0.1) is 0 Å². The molecule has 3 aromatic rings. The van der Waals surface area contributed by atoms with Crippen molar-refractivity contribution in [1.82, 2.24) is 0 Å². The maximum atomic E-state index is 12.9. The van der Waals surface area contributed by atoms with Gasteiger partial charge in [-0.05, 0) is 73.0 Å². The van der Waals surface area contributed by atoms with Gasteiger partial charge in [0.25, 0.3) is 11.8 Å². The topological polar surface area (TPSA) is 67.4 Å². The number of ether oxygens (including phenoxy) is 1. The lowest BCUT2D eigenvalue weighted by atomic mass is 10.1. The first-order valence-corrected chi connectivity index (χ1v) is 10.7. The Labute approximate surface area is 195 Å². The number of benzene rings is 3. The summed E-state index contributed by atoms with van der Waals surface area (Å²) < 4.78 is 44.3. The van der Waals surface area contributed by atoms with E-state index >= 15 is 0 Å². The normalized spacial score (nSPS) is 11.2. The van der Waals surface area contributed by atoms with E-state index in [1.807, 2.05) is 0 Å². The Morgan fingerprint density at radius 3 is 2.03 bits per heavy atom. The van der Waals surface area contributed by atoms with Crippen molar-refractivity contribution in [3.63, 3.8) is 0 Å². The van der Waals surface area contributed by atoms with Crippen molar-refractivity contribution in [2.45, 2.75) is 26.4 Å². The number of hydrogen-bond donors (Lipinski definition) is 2. The Kier molecular flexibility index (Phi) is 7.94. The zero-order chi connectivity index (χ0) is 24.7. The average molecular weight is 470 g/mol. The molecule has 0 saturated heterocycles. The van der Waals surface area contributed by atoms with E-state index in [0.717, 1.165) is 18.6 Å². The molecule has 2 N–H and O–H groups in total. The molecule has 0 heterocycles. The van der Waals surface area contributed by atoms with Crippen LogP contribution in [-0.2, 0) is 6.18 Å². The highest BCUT2D eigenvalue weighted by Crippen LogP contribution is 2.30. The summed E-state index contributed by atoms with van der Waals surface area (Å²) in [6.45, 7) is 4.82. The zero-order valence-electron chi connectivity index (χ0n) is 18.8. The largest absolute Gasteiger partial charge is 0.494 e. The molecule has 2 amide bonds. The van der Waals surface area contributed by atoms with E-state index < -0.39 is 17.6 Å². The lowest BCUT2D eigenvalue weighted by Gasteiger charge is -2.11. The van der Waals surface area contributed by atoms with Crippen molar-refractivity contribution >= 4 is 23.2 Å².